The van der Waals surface area contributed by atoms with Gasteiger partial charge in [0.1, 0.15) is 12.1 Å². The summed E-state index contributed by atoms with van der Waals surface area (Å²) in [6.07, 6.45) is 0.812. The van der Waals surface area contributed by atoms with Gasteiger partial charge in [0.15, 0.2) is 0 Å². The van der Waals surface area contributed by atoms with Crippen LogP contribution in [0.5, 0.6) is 0 Å². The van der Waals surface area contributed by atoms with Gasteiger partial charge >= 0.3 is 6.18 Å². The van der Waals surface area contributed by atoms with E-state index in [9.17, 15) is 21.6 Å². The van der Waals surface area contributed by atoms with E-state index in [2.05, 4.69) is 19.6 Å². The standard InChI is InChI=1S/C27H23F3N4O2S/c1-34-13-10-18(11-14-34)25-16-20(27(28,29)30)5-7-24(25)23-4-2-3-19-15-21(6-8-22(19)23)37(35,36)33-26-9-12-31-17-32-26/h2-10,12,15-17H,11,13-14H2,1H3,(H,31,32,33). The SMILES string of the molecule is CN1CC=C(c2cc(C(F)(F)F)ccc2-c2cccc3cc(S(=O)(=O)Nc4ccncn4)ccc23)CC1. The molecule has 0 unspecified atom stereocenters. The summed E-state index contributed by atoms with van der Waals surface area (Å²) < 4.78 is 69.1. The molecule has 0 bridgehead atoms. The first kappa shape index (κ1) is 24.9. The summed E-state index contributed by atoms with van der Waals surface area (Å²) in [5.41, 5.74) is 2.11. The molecular formula is C27H23F3N4O2S. The third-order valence-corrected chi connectivity index (χ3v) is 7.73. The number of rotatable bonds is 5. The maximum atomic E-state index is 13.6. The highest BCUT2D eigenvalue weighted by Gasteiger charge is 2.32. The largest absolute Gasteiger partial charge is 0.416 e. The number of benzene rings is 3. The lowest BCUT2D eigenvalue weighted by Gasteiger charge is -2.24. The molecule has 3 aromatic carbocycles. The molecule has 0 spiro atoms. The summed E-state index contributed by atoms with van der Waals surface area (Å²) >= 11 is 0. The van der Waals surface area contributed by atoms with Gasteiger partial charge in [-0.2, -0.15) is 13.2 Å². The van der Waals surface area contributed by atoms with Crippen LogP contribution in [-0.2, 0) is 16.2 Å². The van der Waals surface area contributed by atoms with Crippen molar-refractivity contribution in [1.82, 2.24) is 14.9 Å². The predicted octanol–water partition coefficient (Wildman–Crippen LogP) is 5.84. The first-order valence-electron chi connectivity index (χ1n) is 11.5. The van der Waals surface area contributed by atoms with Crippen molar-refractivity contribution in [1.29, 1.82) is 0 Å². The zero-order chi connectivity index (χ0) is 26.2. The third-order valence-electron chi connectivity index (χ3n) is 6.38. The van der Waals surface area contributed by atoms with E-state index in [1.807, 2.05) is 19.2 Å². The van der Waals surface area contributed by atoms with E-state index in [0.717, 1.165) is 29.1 Å². The molecule has 0 fully saturated rings. The summed E-state index contributed by atoms with van der Waals surface area (Å²) in [5.74, 6) is 0.143. The monoisotopic (exact) mass is 524 g/mol. The summed E-state index contributed by atoms with van der Waals surface area (Å²) in [7, 11) is -1.95. The molecule has 5 rings (SSSR count). The minimum atomic E-state index is -4.46. The van der Waals surface area contributed by atoms with Crippen molar-refractivity contribution < 1.29 is 21.6 Å². The van der Waals surface area contributed by atoms with E-state index in [1.165, 1.54) is 36.8 Å². The fourth-order valence-corrected chi connectivity index (χ4v) is 5.49. The number of likely N-dealkylation sites (N-methyl/N-ethyl adjacent to an activating group) is 1. The zero-order valence-corrected chi connectivity index (χ0v) is 20.6. The highest BCUT2D eigenvalue weighted by molar-refractivity contribution is 7.92. The molecule has 1 aliphatic heterocycles. The van der Waals surface area contributed by atoms with Gasteiger partial charge in [-0.15, -0.1) is 0 Å². The van der Waals surface area contributed by atoms with Crippen molar-refractivity contribution >= 4 is 32.2 Å². The molecule has 37 heavy (non-hydrogen) atoms. The Bertz CT molecular complexity index is 1600. The molecule has 0 saturated carbocycles. The van der Waals surface area contributed by atoms with Crippen LogP contribution < -0.4 is 4.72 Å². The van der Waals surface area contributed by atoms with Gasteiger partial charge in [-0.25, -0.2) is 18.4 Å². The van der Waals surface area contributed by atoms with Crippen molar-refractivity contribution in [2.24, 2.45) is 0 Å². The fraction of sp³-hybridized carbons (Fsp3) is 0.185. The number of sulfonamides is 1. The van der Waals surface area contributed by atoms with Crippen LogP contribution in [0.3, 0.4) is 0 Å². The molecule has 0 saturated heterocycles. The molecule has 0 aliphatic carbocycles. The van der Waals surface area contributed by atoms with Crippen LogP contribution in [0.25, 0.3) is 27.5 Å². The number of hydrogen-bond acceptors (Lipinski definition) is 5. The lowest BCUT2D eigenvalue weighted by molar-refractivity contribution is -0.137. The Morgan fingerprint density at radius 3 is 2.51 bits per heavy atom. The summed E-state index contributed by atoms with van der Waals surface area (Å²) in [6, 6.07) is 15.4. The van der Waals surface area contributed by atoms with E-state index in [4.69, 9.17) is 0 Å². The Morgan fingerprint density at radius 1 is 0.973 bits per heavy atom. The second-order valence-electron chi connectivity index (χ2n) is 8.89. The predicted molar refractivity (Wildman–Crippen MR) is 137 cm³/mol. The second-order valence-corrected chi connectivity index (χ2v) is 10.6. The van der Waals surface area contributed by atoms with Crippen molar-refractivity contribution in [2.45, 2.75) is 17.5 Å². The fourth-order valence-electron chi connectivity index (χ4n) is 4.45. The number of nitrogens with one attached hydrogen (secondary N) is 1. The number of aromatic nitrogens is 2. The average Bonchev–Trinajstić information content (AvgIpc) is 2.88. The zero-order valence-electron chi connectivity index (χ0n) is 19.8. The topological polar surface area (TPSA) is 75.2 Å². The molecule has 0 atom stereocenters. The molecule has 1 aromatic heterocycles. The van der Waals surface area contributed by atoms with Crippen LogP contribution in [0.15, 0.2) is 84.2 Å². The molecule has 1 aliphatic rings. The van der Waals surface area contributed by atoms with Gasteiger partial charge in [-0.3, -0.25) is 4.72 Å². The van der Waals surface area contributed by atoms with Gasteiger partial charge in [0, 0.05) is 19.3 Å². The maximum absolute atomic E-state index is 13.6. The molecule has 190 valence electrons. The maximum Gasteiger partial charge on any atom is 0.416 e. The first-order valence-corrected chi connectivity index (χ1v) is 13.0. The Labute approximate surface area is 212 Å². The Hall–Kier alpha value is -3.76. The van der Waals surface area contributed by atoms with Crippen LogP contribution in [0.2, 0.25) is 0 Å². The van der Waals surface area contributed by atoms with Crippen LogP contribution in [0, 0.1) is 0 Å². The van der Waals surface area contributed by atoms with Gasteiger partial charge in [0.2, 0.25) is 0 Å². The van der Waals surface area contributed by atoms with Crippen LogP contribution in [0.4, 0.5) is 19.0 Å². The molecular weight excluding hydrogens is 501 g/mol. The van der Waals surface area contributed by atoms with Crippen molar-refractivity contribution in [3.8, 4) is 11.1 Å². The van der Waals surface area contributed by atoms with Gasteiger partial charge in [0.25, 0.3) is 10.0 Å². The smallest absolute Gasteiger partial charge is 0.302 e. The molecule has 6 nitrogen and oxygen atoms in total. The second kappa shape index (κ2) is 9.60. The number of halogens is 3. The van der Waals surface area contributed by atoms with Crippen LogP contribution in [-0.4, -0.2) is 43.4 Å². The van der Waals surface area contributed by atoms with Crippen LogP contribution in [0.1, 0.15) is 17.5 Å². The molecule has 10 heteroatoms. The van der Waals surface area contributed by atoms with Crippen LogP contribution >= 0.6 is 0 Å². The van der Waals surface area contributed by atoms with E-state index in [1.54, 1.807) is 24.3 Å². The Morgan fingerprint density at radius 2 is 1.81 bits per heavy atom. The quantitative estimate of drug-likeness (QED) is 0.355. The summed E-state index contributed by atoms with van der Waals surface area (Å²) in [4.78, 5) is 9.82. The summed E-state index contributed by atoms with van der Waals surface area (Å²) in [6.45, 7) is 1.40. The number of fused-ring (bicyclic) bond motifs is 1. The van der Waals surface area contributed by atoms with E-state index >= 15 is 0 Å². The van der Waals surface area contributed by atoms with Crippen molar-refractivity contribution in [3.63, 3.8) is 0 Å². The number of nitrogens with zero attached hydrogens (tertiary/aromatic N) is 3. The van der Waals surface area contributed by atoms with E-state index in [0.29, 0.717) is 29.5 Å². The minimum absolute atomic E-state index is 0.0430. The highest BCUT2D eigenvalue weighted by atomic mass is 32.2. The van der Waals surface area contributed by atoms with Crippen molar-refractivity contribution in [2.75, 3.05) is 24.9 Å². The normalized spacial score (nSPS) is 15.0. The lowest BCUT2D eigenvalue weighted by atomic mass is 9.88. The molecule has 0 radical (unpaired) electrons. The lowest BCUT2D eigenvalue weighted by Crippen LogP contribution is -2.23. The first-order chi connectivity index (χ1) is 17.6. The van der Waals surface area contributed by atoms with Gasteiger partial charge in [0.05, 0.1) is 10.5 Å². The van der Waals surface area contributed by atoms with Gasteiger partial charge in [-0.05, 0) is 76.8 Å². The Balaban J connectivity index is 1.61. The molecule has 2 heterocycles. The number of anilines is 1. The van der Waals surface area contributed by atoms with E-state index in [-0.39, 0.29) is 10.7 Å². The number of hydrogen-bond donors (Lipinski definition) is 1. The molecule has 1 N–H and O–H groups in total. The van der Waals surface area contributed by atoms with Gasteiger partial charge in [-0.1, -0.05) is 36.4 Å². The minimum Gasteiger partial charge on any atom is -0.302 e. The van der Waals surface area contributed by atoms with Crippen molar-refractivity contribution in [3.05, 3.63) is 90.4 Å². The van der Waals surface area contributed by atoms with Gasteiger partial charge < -0.3 is 4.90 Å². The average molecular weight is 525 g/mol. The molecule has 0 amide bonds. The molecule has 4 aromatic rings. The highest BCUT2D eigenvalue weighted by Crippen LogP contribution is 2.40. The number of alkyl halides is 3. The Kier molecular flexibility index (Phi) is 6.47. The van der Waals surface area contributed by atoms with E-state index < -0.39 is 21.8 Å². The summed E-state index contributed by atoms with van der Waals surface area (Å²) in [5, 5.41) is 1.38. The third kappa shape index (κ3) is 5.21.